The number of rotatable bonds is 3. The first-order valence-corrected chi connectivity index (χ1v) is 6.96. The predicted molar refractivity (Wildman–Crippen MR) is 70.0 cm³/mol. The lowest BCUT2D eigenvalue weighted by Gasteiger charge is -2.13. The Bertz CT molecular complexity index is 450. The van der Waals surface area contributed by atoms with Gasteiger partial charge in [0.1, 0.15) is 0 Å². The molecule has 1 atom stereocenters. The van der Waals surface area contributed by atoms with Gasteiger partial charge in [-0.15, -0.1) is 0 Å². The zero-order valence-electron chi connectivity index (χ0n) is 9.76. The van der Waals surface area contributed by atoms with Crippen molar-refractivity contribution in [3.05, 3.63) is 29.8 Å². The van der Waals surface area contributed by atoms with Crippen molar-refractivity contribution in [1.29, 1.82) is 0 Å². The summed E-state index contributed by atoms with van der Waals surface area (Å²) in [7, 11) is 0. The van der Waals surface area contributed by atoms with Crippen LogP contribution in [-0.4, -0.2) is 11.8 Å². The van der Waals surface area contributed by atoms with E-state index in [4.69, 9.17) is 0 Å². The maximum absolute atomic E-state index is 13.1. The van der Waals surface area contributed by atoms with Gasteiger partial charge in [0.2, 0.25) is 11.8 Å². The molecule has 1 fully saturated rings. The first-order valence-electron chi connectivity index (χ1n) is 5.84. The Morgan fingerprint density at radius 1 is 1.44 bits per heavy atom. The molecule has 0 saturated heterocycles. The summed E-state index contributed by atoms with van der Waals surface area (Å²) in [6, 6.07) is 7.34. The summed E-state index contributed by atoms with van der Waals surface area (Å²) in [5, 5.41) is 3.35. The molecule has 5 heteroatoms. The van der Waals surface area contributed by atoms with Crippen LogP contribution in [0.5, 0.6) is 0 Å². The fourth-order valence-corrected chi connectivity index (χ4v) is 2.66. The van der Waals surface area contributed by atoms with E-state index < -0.39 is 11.8 Å². The number of benzene rings is 1. The van der Waals surface area contributed by atoms with Gasteiger partial charge in [0.05, 0.1) is 0 Å². The maximum Gasteiger partial charge on any atom is 0.248 e. The Labute approximate surface area is 113 Å². The minimum absolute atomic E-state index is 0.189. The van der Waals surface area contributed by atoms with E-state index in [-0.39, 0.29) is 25.2 Å². The molecule has 1 aromatic carbocycles. The SMILES string of the molecule is O=C(Nc1ccccc1CBr)C1CCC(F)(F)C1. The first kappa shape index (κ1) is 13.5. The lowest BCUT2D eigenvalue weighted by atomic mass is 10.1. The van der Waals surface area contributed by atoms with E-state index in [1.807, 2.05) is 18.2 Å². The number of amides is 1. The van der Waals surface area contributed by atoms with Crippen LogP contribution >= 0.6 is 15.9 Å². The second-order valence-corrected chi connectivity index (χ2v) is 5.14. The highest BCUT2D eigenvalue weighted by molar-refractivity contribution is 9.08. The molecular weight excluding hydrogens is 304 g/mol. The number of hydrogen-bond acceptors (Lipinski definition) is 1. The molecule has 1 unspecified atom stereocenters. The van der Waals surface area contributed by atoms with Crippen LogP contribution in [0.15, 0.2) is 24.3 Å². The minimum Gasteiger partial charge on any atom is -0.326 e. The Morgan fingerprint density at radius 2 is 2.17 bits per heavy atom. The van der Waals surface area contributed by atoms with Crippen molar-refractivity contribution in [2.24, 2.45) is 5.92 Å². The van der Waals surface area contributed by atoms with E-state index in [1.54, 1.807) is 6.07 Å². The van der Waals surface area contributed by atoms with Gasteiger partial charge in [-0.3, -0.25) is 4.79 Å². The van der Waals surface area contributed by atoms with Gasteiger partial charge in [-0.05, 0) is 18.1 Å². The van der Waals surface area contributed by atoms with Crippen LogP contribution in [0.2, 0.25) is 0 Å². The average Bonchev–Trinajstić information content (AvgIpc) is 2.70. The van der Waals surface area contributed by atoms with Gasteiger partial charge in [0.25, 0.3) is 0 Å². The minimum atomic E-state index is -2.68. The number of carbonyl (C=O) groups excluding carboxylic acids is 1. The molecule has 0 aromatic heterocycles. The number of halogens is 3. The lowest BCUT2D eigenvalue weighted by Crippen LogP contribution is -2.22. The number of carbonyl (C=O) groups is 1. The molecule has 18 heavy (non-hydrogen) atoms. The number of para-hydroxylation sites is 1. The second-order valence-electron chi connectivity index (χ2n) is 4.58. The zero-order chi connectivity index (χ0) is 13.2. The monoisotopic (exact) mass is 317 g/mol. The van der Waals surface area contributed by atoms with E-state index in [0.717, 1.165) is 5.56 Å². The van der Waals surface area contributed by atoms with Crippen molar-refractivity contribution in [1.82, 2.24) is 0 Å². The van der Waals surface area contributed by atoms with Gasteiger partial charge in [-0.1, -0.05) is 34.1 Å². The van der Waals surface area contributed by atoms with Crippen LogP contribution in [0.4, 0.5) is 14.5 Å². The molecule has 1 amide bonds. The summed E-state index contributed by atoms with van der Waals surface area (Å²) in [5.74, 6) is -3.57. The van der Waals surface area contributed by atoms with Crippen LogP contribution in [0.1, 0.15) is 24.8 Å². The lowest BCUT2D eigenvalue weighted by molar-refractivity contribution is -0.120. The maximum atomic E-state index is 13.1. The predicted octanol–water partition coefficient (Wildman–Crippen LogP) is 3.96. The van der Waals surface area contributed by atoms with E-state index in [2.05, 4.69) is 21.2 Å². The van der Waals surface area contributed by atoms with E-state index >= 15 is 0 Å². The molecule has 1 N–H and O–H groups in total. The summed E-state index contributed by atoms with van der Waals surface area (Å²) >= 11 is 3.33. The summed E-state index contributed by atoms with van der Waals surface area (Å²) in [5.41, 5.74) is 1.63. The molecule has 0 bridgehead atoms. The molecule has 1 aromatic rings. The van der Waals surface area contributed by atoms with Crippen molar-refractivity contribution < 1.29 is 13.6 Å². The van der Waals surface area contributed by atoms with Crippen LogP contribution in [0.3, 0.4) is 0 Å². The Hall–Kier alpha value is -0.970. The van der Waals surface area contributed by atoms with Gasteiger partial charge in [0.15, 0.2) is 0 Å². The molecule has 0 aliphatic heterocycles. The largest absolute Gasteiger partial charge is 0.326 e. The van der Waals surface area contributed by atoms with Crippen molar-refractivity contribution in [2.75, 3.05) is 5.32 Å². The highest BCUT2D eigenvalue weighted by atomic mass is 79.9. The van der Waals surface area contributed by atoms with E-state index in [9.17, 15) is 13.6 Å². The molecule has 1 aliphatic carbocycles. The highest BCUT2D eigenvalue weighted by Gasteiger charge is 2.42. The third-order valence-corrected chi connectivity index (χ3v) is 3.80. The molecular formula is C13H14BrF2NO. The Balaban J connectivity index is 2.04. The van der Waals surface area contributed by atoms with Crippen LogP contribution in [-0.2, 0) is 10.1 Å². The number of nitrogens with one attached hydrogen (secondary N) is 1. The van der Waals surface area contributed by atoms with Crippen molar-refractivity contribution >= 4 is 27.5 Å². The Kier molecular flexibility index (Phi) is 4.00. The molecule has 98 valence electrons. The van der Waals surface area contributed by atoms with Gasteiger partial charge in [-0.2, -0.15) is 0 Å². The summed E-state index contributed by atoms with van der Waals surface area (Å²) in [4.78, 5) is 11.9. The molecule has 1 saturated carbocycles. The smallest absolute Gasteiger partial charge is 0.248 e. The number of hydrogen-bond donors (Lipinski definition) is 1. The van der Waals surface area contributed by atoms with Crippen molar-refractivity contribution in [3.63, 3.8) is 0 Å². The molecule has 0 spiro atoms. The number of alkyl halides is 3. The molecule has 0 radical (unpaired) electrons. The zero-order valence-corrected chi connectivity index (χ0v) is 11.3. The molecule has 1 aliphatic rings. The second kappa shape index (κ2) is 5.34. The topological polar surface area (TPSA) is 29.1 Å². The van der Waals surface area contributed by atoms with E-state index in [0.29, 0.717) is 11.0 Å². The van der Waals surface area contributed by atoms with Crippen molar-refractivity contribution in [3.8, 4) is 0 Å². The fraction of sp³-hybridized carbons (Fsp3) is 0.462. The summed E-state index contributed by atoms with van der Waals surface area (Å²) in [6.07, 6.45) is -0.268. The average molecular weight is 318 g/mol. The standard InChI is InChI=1S/C13H14BrF2NO/c14-8-10-3-1-2-4-11(10)17-12(18)9-5-6-13(15,16)7-9/h1-4,9H,5-8H2,(H,17,18). The van der Waals surface area contributed by atoms with Gasteiger partial charge < -0.3 is 5.32 Å². The third kappa shape index (κ3) is 3.07. The van der Waals surface area contributed by atoms with E-state index in [1.165, 1.54) is 0 Å². The number of anilines is 1. The van der Waals surface area contributed by atoms with Crippen molar-refractivity contribution in [2.45, 2.75) is 30.5 Å². The first-order chi connectivity index (χ1) is 8.52. The quantitative estimate of drug-likeness (QED) is 0.840. The third-order valence-electron chi connectivity index (χ3n) is 3.19. The van der Waals surface area contributed by atoms with Gasteiger partial charge >= 0.3 is 0 Å². The highest BCUT2D eigenvalue weighted by Crippen LogP contribution is 2.39. The Morgan fingerprint density at radius 3 is 2.78 bits per heavy atom. The molecule has 2 nitrogen and oxygen atoms in total. The van der Waals surface area contributed by atoms with Gasteiger partial charge in [-0.25, -0.2) is 8.78 Å². The fourth-order valence-electron chi connectivity index (χ4n) is 2.17. The van der Waals surface area contributed by atoms with Gasteiger partial charge in [0, 0.05) is 29.8 Å². The normalized spacial score (nSPS) is 21.8. The summed E-state index contributed by atoms with van der Waals surface area (Å²) in [6.45, 7) is 0. The summed E-state index contributed by atoms with van der Waals surface area (Å²) < 4.78 is 26.1. The van der Waals surface area contributed by atoms with Crippen LogP contribution in [0.25, 0.3) is 0 Å². The molecule has 0 heterocycles. The molecule has 2 rings (SSSR count). The van der Waals surface area contributed by atoms with Crippen LogP contribution in [0, 0.1) is 5.92 Å². The van der Waals surface area contributed by atoms with Crippen LogP contribution < -0.4 is 5.32 Å².